The van der Waals surface area contributed by atoms with E-state index in [1.54, 1.807) is 0 Å². The van der Waals surface area contributed by atoms with Gasteiger partial charge in [0.2, 0.25) is 0 Å². The standard InChI is InChI=1S/C31H40ClNO.ClH/c1-22-18-24(15-16-28(22)32)27-20-26(30(2,3)4)19-25(29(27)34)21-33(31(5,6)7)17-11-14-23-12-9-8-10-13-23;/h8-10,12-13,15-16,18-20,34H,11,14,17,21H2,1-7H3;1H. The van der Waals surface area contributed by atoms with E-state index in [4.69, 9.17) is 11.6 Å². The number of hydrogen-bond acceptors (Lipinski definition) is 2. The molecule has 0 aliphatic rings. The second kappa shape index (κ2) is 11.8. The van der Waals surface area contributed by atoms with Crippen molar-refractivity contribution >= 4 is 24.0 Å². The Morgan fingerprint density at radius 2 is 1.54 bits per heavy atom. The molecule has 190 valence electrons. The molecule has 0 heterocycles. The minimum absolute atomic E-state index is 0. The van der Waals surface area contributed by atoms with Crippen molar-refractivity contribution in [3.63, 3.8) is 0 Å². The minimum atomic E-state index is -0.0292. The Bertz CT molecular complexity index is 1110. The molecular formula is C31H41Cl2NO. The van der Waals surface area contributed by atoms with Gasteiger partial charge in [0.25, 0.3) is 0 Å². The van der Waals surface area contributed by atoms with E-state index in [0.29, 0.717) is 12.3 Å². The Kier molecular flexibility index (Phi) is 9.87. The van der Waals surface area contributed by atoms with Gasteiger partial charge in [0, 0.05) is 28.2 Å². The number of phenols is 1. The monoisotopic (exact) mass is 513 g/mol. The first-order chi connectivity index (χ1) is 15.9. The van der Waals surface area contributed by atoms with Crippen LogP contribution in [-0.4, -0.2) is 22.1 Å². The van der Waals surface area contributed by atoms with Gasteiger partial charge in [-0.25, -0.2) is 0 Å². The van der Waals surface area contributed by atoms with Crippen LogP contribution >= 0.6 is 24.0 Å². The van der Waals surface area contributed by atoms with Crippen molar-refractivity contribution in [3.05, 3.63) is 87.9 Å². The van der Waals surface area contributed by atoms with Crippen molar-refractivity contribution in [2.75, 3.05) is 6.54 Å². The highest BCUT2D eigenvalue weighted by Crippen LogP contribution is 2.39. The van der Waals surface area contributed by atoms with E-state index in [1.807, 2.05) is 19.1 Å². The summed E-state index contributed by atoms with van der Waals surface area (Å²) in [5.41, 5.74) is 6.41. The smallest absolute Gasteiger partial charge is 0.127 e. The van der Waals surface area contributed by atoms with Gasteiger partial charge >= 0.3 is 0 Å². The molecule has 2 nitrogen and oxygen atoms in total. The lowest BCUT2D eigenvalue weighted by Gasteiger charge is -2.36. The summed E-state index contributed by atoms with van der Waals surface area (Å²) in [4.78, 5) is 2.48. The van der Waals surface area contributed by atoms with Crippen LogP contribution in [0.2, 0.25) is 5.02 Å². The third-order valence-corrected chi connectivity index (χ3v) is 6.99. The molecule has 0 aromatic heterocycles. The van der Waals surface area contributed by atoms with Crippen LogP contribution in [0.25, 0.3) is 11.1 Å². The Morgan fingerprint density at radius 3 is 2.11 bits per heavy atom. The maximum absolute atomic E-state index is 11.5. The average molecular weight is 515 g/mol. The van der Waals surface area contributed by atoms with E-state index in [0.717, 1.165) is 46.7 Å². The quantitative estimate of drug-likeness (QED) is 0.340. The summed E-state index contributed by atoms with van der Waals surface area (Å²) in [6.07, 6.45) is 2.13. The molecule has 0 saturated carbocycles. The molecule has 0 unspecified atom stereocenters. The van der Waals surface area contributed by atoms with Crippen LogP contribution in [0.5, 0.6) is 5.75 Å². The number of rotatable bonds is 7. The Hall–Kier alpha value is -2.00. The van der Waals surface area contributed by atoms with Gasteiger partial charge in [-0.05, 0) is 92.9 Å². The maximum atomic E-state index is 11.5. The van der Waals surface area contributed by atoms with Gasteiger partial charge in [-0.1, -0.05) is 74.8 Å². The molecule has 1 N–H and O–H groups in total. The largest absolute Gasteiger partial charge is 0.507 e. The lowest BCUT2D eigenvalue weighted by atomic mass is 9.83. The van der Waals surface area contributed by atoms with Crippen molar-refractivity contribution in [2.24, 2.45) is 0 Å². The van der Waals surface area contributed by atoms with Crippen LogP contribution in [0.1, 0.15) is 70.2 Å². The van der Waals surface area contributed by atoms with Gasteiger partial charge in [0.05, 0.1) is 0 Å². The van der Waals surface area contributed by atoms with Gasteiger partial charge in [0.15, 0.2) is 0 Å². The molecule has 35 heavy (non-hydrogen) atoms. The number of halogens is 2. The molecule has 0 radical (unpaired) electrons. The zero-order chi connectivity index (χ0) is 25.1. The third kappa shape index (κ3) is 7.74. The van der Waals surface area contributed by atoms with Gasteiger partial charge in [0.1, 0.15) is 5.75 Å². The second-order valence-electron chi connectivity index (χ2n) is 11.4. The van der Waals surface area contributed by atoms with Crippen LogP contribution in [0, 0.1) is 6.92 Å². The molecule has 0 bridgehead atoms. The van der Waals surface area contributed by atoms with Crippen LogP contribution < -0.4 is 0 Å². The van der Waals surface area contributed by atoms with E-state index in [1.165, 1.54) is 11.1 Å². The maximum Gasteiger partial charge on any atom is 0.127 e. The molecule has 3 rings (SSSR count). The highest BCUT2D eigenvalue weighted by molar-refractivity contribution is 6.31. The van der Waals surface area contributed by atoms with Gasteiger partial charge in [-0.2, -0.15) is 0 Å². The highest BCUT2D eigenvalue weighted by atomic mass is 35.5. The average Bonchev–Trinajstić information content (AvgIpc) is 2.75. The summed E-state index contributed by atoms with van der Waals surface area (Å²) < 4.78 is 0. The normalized spacial score (nSPS) is 12.0. The predicted octanol–water partition coefficient (Wildman–Crippen LogP) is 8.97. The summed E-state index contributed by atoms with van der Waals surface area (Å²) >= 11 is 6.29. The number of hydrogen-bond donors (Lipinski definition) is 1. The zero-order valence-electron chi connectivity index (χ0n) is 22.3. The van der Waals surface area contributed by atoms with Crippen molar-refractivity contribution in [1.29, 1.82) is 0 Å². The van der Waals surface area contributed by atoms with Crippen LogP contribution in [0.4, 0.5) is 0 Å². The lowest BCUT2D eigenvalue weighted by Crippen LogP contribution is -2.41. The zero-order valence-corrected chi connectivity index (χ0v) is 23.9. The summed E-state index contributed by atoms with van der Waals surface area (Å²) in [5.74, 6) is 0.368. The van der Waals surface area contributed by atoms with Crippen molar-refractivity contribution in [1.82, 2.24) is 4.90 Å². The van der Waals surface area contributed by atoms with Crippen molar-refractivity contribution in [3.8, 4) is 16.9 Å². The van der Waals surface area contributed by atoms with E-state index in [2.05, 4.69) is 95.0 Å². The van der Waals surface area contributed by atoms with Crippen molar-refractivity contribution < 1.29 is 5.11 Å². The molecule has 0 aliphatic carbocycles. The first kappa shape index (κ1) is 29.2. The van der Waals surface area contributed by atoms with Crippen LogP contribution in [-0.2, 0) is 18.4 Å². The first-order valence-corrected chi connectivity index (χ1v) is 12.7. The molecule has 3 aromatic rings. The Balaban J connectivity index is 0.00000432. The topological polar surface area (TPSA) is 23.5 Å². The van der Waals surface area contributed by atoms with E-state index in [-0.39, 0.29) is 23.4 Å². The minimum Gasteiger partial charge on any atom is -0.507 e. The van der Waals surface area contributed by atoms with E-state index >= 15 is 0 Å². The number of nitrogens with zero attached hydrogens (tertiary/aromatic N) is 1. The lowest BCUT2D eigenvalue weighted by molar-refractivity contribution is 0.125. The summed E-state index contributed by atoms with van der Waals surface area (Å²) in [6, 6.07) is 21.0. The number of phenolic OH excluding ortho intramolecular Hbond substituents is 1. The number of aromatic hydroxyl groups is 1. The predicted molar refractivity (Wildman–Crippen MR) is 154 cm³/mol. The SMILES string of the molecule is Cc1cc(-c2cc(C(C)(C)C)cc(CN(CCCc3ccccc3)C(C)(C)C)c2O)ccc1Cl.Cl. The third-order valence-electron chi connectivity index (χ3n) is 6.57. The molecule has 0 aliphatic heterocycles. The Labute approximate surface area is 223 Å². The summed E-state index contributed by atoms with van der Waals surface area (Å²) in [5, 5.41) is 12.2. The fraction of sp³-hybridized carbons (Fsp3) is 0.419. The molecule has 0 amide bonds. The Morgan fingerprint density at radius 1 is 0.886 bits per heavy atom. The molecule has 0 saturated heterocycles. The molecule has 4 heteroatoms. The van der Waals surface area contributed by atoms with Crippen LogP contribution in [0.15, 0.2) is 60.7 Å². The molecular weight excluding hydrogens is 473 g/mol. The molecule has 0 fully saturated rings. The second-order valence-corrected chi connectivity index (χ2v) is 11.8. The molecule has 0 spiro atoms. The van der Waals surface area contributed by atoms with Gasteiger partial charge in [-0.3, -0.25) is 4.90 Å². The van der Waals surface area contributed by atoms with Crippen LogP contribution in [0.3, 0.4) is 0 Å². The fourth-order valence-corrected chi connectivity index (χ4v) is 4.37. The highest BCUT2D eigenvalue weighted by Gasteiger charge is 2.25. The van der Waals surface area contributed by atoms with E-state index in [9.17, 15) is 5.11 Å². The number of benzene rings is 3. The van der Waals surface area contributed by atoms with Gasteiger partial charge in [-0.15, -0.1) is 12.4 Å². The molecule has 3 aromatic carbocycles. The summed E-state index contributed by atoms with van der Waals surface area (Å²) in [6.45, 7) is 17.1. The first-order valence-electron chi connectivity index (χ1n) is 12.3. The fourth-order valence-electron chi connectivity index (χ4n) is 4.26. The van der Waals surface area contributed by atoms with Gasteiger partial charge < -0.3 is 5.11 Å². The van der Waals surface area contributed by atoms with Crippen molar-refractivity contribution in [2.45, 2.75) is 78.8 Å². The van der Waals surface area contributed by atoms with E-state index < -0.39 is 0 Å². The number of aryl methyl sites for hydroxylation is 2. The molecule has 0 atom stereocenters. The summed E-state index contributed by atoms with van der Waals surface area (Å²) in [7, 11) is 0.